The second kappa shape index (κ2) is 7.68. The number of hydrogen-bond acceptors (Lipinski definition) is 2. The number of rotatable bonds is 4. The molecule has 1 aliphatic heterocycles. The van der Waals surface area contributed by atoms with Gasteiger partial charge in [0.25, 0.3) is 5.91 Å². The van der Waals surface area contributed by atoms with E-state index in [1.165, 1.54) is 0 Å². The maximum atomic E-state index is 12.4. The SMILES string of the molecule is Cc1ccc(C(=O)N2CCC(NC(=O)CCC(F)(F)F)CC2)cc1. The largest absolute Gasteiger partial charge is 0.389 e. The minimum absolute atomic E-state index is 0.0585. The summed E-state index contributed by atoms with van der Waals surface area (Å²) in [7, 11) is 0. The van der Waals surface area contributed by atoms with Gasteiger partial charge in [-0.2, -0.15) is 13.2 Å². The van der Waals surface area contributed by atoms with Gasteiger partial charge >= 0.3 is 6.18 Å². The lowest BCUT2D eigenvalue weighted by Gasteiger charge is -2.32. The monoisotopic (exact) mass is 342 g/mol. The number of aryl methyl sites for hydroxylation is 1. The lowest BCUT2D eigenvalue weighted by molar-refractivity contribution is -0.144. The van der Waals surface area contributed by atoms with Crippen LogP contribution in [0.1, 0.15) is 41.6 Å². The maximum absolute atomic E-state index is 12.4. The number of likely N-dealkylation sites (tertiary alicyclic amines) is 1. The van der Waals surface area contributed by atoms with Gasteiger partial charge in [-0.05, 0) is 31.9 Å². The average Bonchev–Trinajstić information content (AvgIpc) is 2.53. The van der Waals surface area contributed by atoms with E-state index in [1.807, 2.05) is 19.1 Å². The van der Waals surface area contributed by atoms with Crippen LogP contribution in [0.5, 0.6) is 0 Å². The molecule has 0 bridgehead atoms. The molecule has 2 rings (SSSR count). The van der Waals surface area contributed by atoms with Gasteiger partial charge in [-0.3, -0.25) is 9.59 Å². The highest BCUT2D eigenvalue weighted by Gasteiger charge is 2.29. The molecule has 1 aromatic rings. The van der Waals surface area contributed by atoms with Gasteiger partial charge in [0, 0.05) is 31.1 Å². The summed E-state index contributed by atoms with van der Waals surface area (Å²) in [5.41, 5.74) is 1.69. The van der Waals surface area contributed by atoms with Crippen molar-refractivity contribution in [3.05, 3.63) is 35.4 Å². The third kappa shape index (κ3) is 5.54. The normalized spacial score (nSPS) is 16.1. The Labute approximate surface area is 139 Å². The quantitative estimate of drug-likeness (QED) is 0.914. The number of carbonyl (C=O) groups is 2. The number of carbonyl (C=O) groups excluding carboxylic acids is 2. The van der Waals surface area contributed by atoms with Crippen molar-refractivity contribution < 1.29 is 22.8 Å². The van der Waals surface area contributed by atoms with Gasteiger partial charge in [0.1, 0.15) is 0 Å². The summed E-state index contributed by atoms with van der Waals surface area (Å²) in [5.74, 6) is -0.646. The maximum Gasteiger partial charge on any atom is 0.389 e. The Morgan fingerprint density at radius 3 is 2.29 bits per heavy atom. The molecule has 1 N–H and O–H groups in total. The van der Waals surface area contributed by atoms with Crippen molar-refractivity contribution in [2.45, 2.75) is 44.8 Å². The van der Waals surface area contributed by atoms with Crippen LogP contribution in [0, 0.1) is 6.92 Å². The molecule has 2 amide bonds. The zero-order valence-electron chi connectivity index (χ0n) is 13.5. The van der Waals surface area contributed by atoms with E-state index in [2.05, 4.69) is 5.32 Å². The van der Waals surface area contributed by atoms with E-state index in [0.29, 0.717) is 31.5 Å². The lowest BCUT2D eigenvalue weighted by atomic mass is 10.0. The Balaban J connectivity index is 1.78. The number of nitrogens with one attached hydrogen (secondary N) is 1. The summed E-state index contributed by atoms with van der Waals surface area (Å²) < 4.78 is 36.3. The van der Waals surface area contributed by atoms with Crippen molar-refractivity contribution in [1.82, 2.24) is 10.2 Å². The van der Waals surface area contributed by atoms with Crippen LogP contribution in [0.4, 0.5) is 13.2 Å². The van der Waals surface area contributed by atoms with Crippen LogP contribution in [0.15, 0.2) is 24.3 Å². The zero-order valence-corrected chi connectivity index (χ0v) is 13.5. The Hall–Kier alpha value is -2.05. The van der Waals surface area contributed by atoms with Crippen LogP contribution < -0.4 is 5.32 Å². The molecule has 0 unspecified atom stereocenters. The molecule has 24 heavy (non-hydrogen) atoms. The van der Waals surface area contributed by atoms with Gasteiger partial charge in [-0.1, -0.05) is 17.7 Å². The highest BCUT2D eigenvalue weighted by molar-refractivity contribution is 5.94. The first-order chi connectivity index (χ1) is 11.2. The number of piperidine rings is 1. The third-order valence-electron chi connectivity index (χ3n) is 4.08. The first kappa shape index (κ1) is 18.3. The van der Waals surface area contributed by atoms with Gasteiger partial charge in [0.15, 0.2) is 0 Å². The Bertz CT molecular complexity index is 576. The van der Waals surface area contributed by atoms with Crippen molar-refractivity contribution in [3.8, 4) is 0 Å². The molecule has 0 aromatic heterocycles. The van der Waals surface area contributed by atoms with Gasteiger partial charge in [-0.25, -0.2) is 0 Å². The number of nitrogens with zero attached hydrogens (tertiary/aromatic N) is 1. The second-order valence-electron chi connectivity index (χ2n) is 6.12. The summed E-state index contributed by atoms with van der Waals surface area (Å²) in [5, 5.41) is 2.62. The number of amides is 2. The van der Waals surface area contributed by atoms with Crippen LogP contribution in [-0.2, 0) is 4.79 Å². The van der Waals surface area contributed by atoms with E-state index in [1.54, 1.807) is 17.0 Å². The summed E-state index contributed by atoms with van der Waals surface area (Å²) in [6, 6.07) is 7.14. The minimum atomic E-state index is -4.32. The first-order valence-corrected chi connectivity index (χ1v) is 7.96. The smallest absolute Gasteiger partial charge is 0.353 e. The summed E-state index contributed by atoms with van der Waals surface area (Å²) in [6.45, 7) is 2.91. The topological polar surface area (TPSA) is 49.4 Å². The molecule has 1 aromatic carbocycles. The minimum Gasteiger partial charge on any atom is -0.353 e. The highest BCUT2D eigenvalue weighted by Crippen LogP contribution is 2.21. The zero-order chi connectivity index (χ0) is 17.7. The third-order valence-corrected chi connectivity index (χ3v) is 4.08. The van der Waals surface area contributed by atoms with E-state index in [-0.39, 0.29) is 11.9 Å². The molecule has 0 radical (unpaired) electrons. The predicted octanol–water partition coefficient (Wildman–Crippen LogP) is 3.06. The van der Waals surface area contributed by atoms with Gasteiger partial charge < -0.3 is 10.2 Å². The molecule has 4 nitrogen and oxygen atoms in total. The fraction of sp³-hybridized carbons (Fsp3) is 0.529. The van der Waals surface area contributed by atoms with E-state index >= 15 is 0 Å². The average molecular weight is 342 g/mol. The molecule has 7 heteroatoms. The molecular formula is C17H21F3N2O2. The molecule has 1 aliphatic rings. The van der Waals surface area contributed by atoms with Crippen molar-refractivity contribution >= 4 is 11.8 Å². The molecule has 1 saturated heterocycles. The number of benzene rings is 1. The Kier molecular flexibility index (Phi) is 5.85. The van der Waals surface area contributed by atoms with Crippen LogP contribution >= 0.6 is 0 Å². The van der Waals surface area contributed by atoms with E-state index in [0.717, 1.165) is 5.56 Å². The van der Waals surface area contributed by atoms with Crippen molar-refractivity contribution in [2.24, 2.45) is 0 Å². The van der Waals surface area contributed by atoms with Gasteiger partial charge in [-0.15, -0.1) is 0 Å². The standard InChI is InChI=1S/C17H21F3N2O2/c1-12-2-4-13(5-3-12)16(24)22-10-7-14(8-11-22)21-15(23)6-9-17(18,19)20/h2-5,14H,6-11H2,1H3,(H,21,23). The van der Waals surface area contributed by atoms with Crippen molar-refractivity contribution in [3.63, 3.8) is 0 Å². The second-order valence-corrected chi connectivity index (χ2v) is 6.12. The van der Waals surface area contributed by atoms with Gasteiger partial charge in [0.2, 0.25) is 5.91 Å². The van der Waals surface area contributed by atoms with Crippen LogP contribution in [-0.4, -0.2) is 42.0 Å². The van der Waals surface area contributed by atoms with E-state index in [9.17, 15) is 22.8 Å². The summed E-state index contributed by atoms with van der Waals surface area (Å²) >= 11 is 0. The lowest BCUT2D eigenvalue weighted by Crippen LogP contribution is -2.46. The van der Waals surface area contributed by atoms with Crippen LogP contribution in [0.25, 0.3) is 0 Å². The first-order valence-electron chi connectivity index (χ1n) is 7.96. The number of alkyl halides is 3. The summed E-state index contributed by atoms with van der Waals surface area (Å²) in [4.78, 5) is 25.6. The molecular weight excluding hydrogens is 321 g/mol. The molecule has 0 spiro atoms. The van der Waals surface area contributed by atoms with Gasteiger partial charge in [0.05, 0.1) is 6.42 Å². The van der Waals surface area contributed by atoms with Crippen molar-refractivity contribution in [2.75, 3.05) is 13.1 Å². The van der Waals surface area contributed by atoms with E-state index in [4.69, 9.17) is 0 Å². The van der Waals surface area contributed by atoms with Crippen LogP contribution in [0.3, 0.4) is 0 Å². The molecule has 0 atom stereocenters. The number of hydrogen-bond donors (Lipinski definition) is 1. The fourth-order valence-electron chi connectivity index (χ4n) is 2.66. The Morgan fingerprint density at radius 2 is 1.75 bits per heavy atom. The molecule has 0 aliphatic carbocycles. The summed E-state index contributed by atoms with van der Waals surface area (Å²) in [6.07, 6.45) is -4.87. The molecule has 132 valence electrons. The molecule has 1 fully saturated rings. The number of halogens is 3. The molecule has 0 saturated carbocycles. The highest BCUT2D eigenvalue weighted by atomic mass is 19.4. The fourth-order valence-corrected chi connectivity index (χ4v) is 2.66. The Morgan fingerprint density at radius 1 is 1.17 bits per heavy atom. The van der Waals surface area contributed by atoms with E-state index < -0.39 is 24.9 Å². The molecule has 1 heterocycles. The van der Waals surface area contributed by atoms with Crippen molar-refractivity contribution in [1.29, 1.82) is 0 Å². The van der Waals surface area contributed by atoms with Crippen LogP contribution in [0.2, 0.25) is 0 Å². The predicted molar refractivity (Wildman–Crippen MR) is 83.5 cm³/mol.